The zero-order chi connectivity index (χ0) is 27.4. The molecule has 1 N–H and O–H groups in total. The molecule has 3 aromatic carbocycles. The molecule has 2 fully saturated rings. The maximum atomic E-state index is 14.1. The highest BCUT2D eigenvalue weighted by Crippen LogP contribution is 2.65. The fourth-order valence-corrected chi connectivity index (χ4v) is 8.23. The van der Waals surface area contributed by atoms with Crippen molar-refractivity contribution in [2.45, 2.75) is 42.1 Å². The number of methoxy groups -OCH3 is 1. The van der Waals surface area contributed by atoms with Gasteiger partial charge >= 0.3 is 0 Å². The summed E-state index contributed by atoms with van der Waals surface area (Å²) >= 11 is 0.556. The minimum absolute atomic E-state index is 0.0291. The zero-order valence-electron chi connectivity index (χ0n) is 22.9. The van der Waals surface area contributed by atoms with Crippen molar-refractivity contribution in [1.29, 1.82) is 0 Å². The third kappa shape index (κ3) is 3.63. The van der Waals surface area contributed by atoms with Gasteiger partial charge in [0.2, 0.25) is 5.91 Å². The molecular weight excluding hydrogens is 506 g/mol. The van der Waals surface area contributed by atoms with Crippen LogP contribution in [-0.4, -0.2) is 66.3 Å². The molecule has 1 amide bonds. The minimum Gasteiger partial charge on any atom is -0.497 e. The Kier molecular flexibility index (Phi) is 6.36. The van der Waals surface area contributed by atoms with Crippen LogP contribution in [0.25, 0.3) is 0 Å². The molecule has 7 heteroatoms. The Morgan fingerprint density at radius 2 is 1.72 bits per heavy atom. The second-order valence-electron chi connectivity index (χ2n) is 11.6. The van der Waals surface area contributed by atoms with Gasteiger partial charge in [-0.25, -0.2) is 0 Å². The Balaban J connectivity index is 1.39. The number of benzene rings is 3. The Labute approximate surface area is 235 Å². The molecule has 1 spiro atoms. The van der Waals surface area contributed by atoms with E-state index in [1.54, 1.807) is 12.0 Å². The molecule has 6 rings (SSSR count). The lowest BCUT2D eigenvalue weighted by Gasteiger charge is -2.56. The SMILES string of the molecule is COc1ccc2c(c1)C1(C)CC23CN(CCC(C(=O)N(C)C)(c2ccccc2)c2ccccc2)C3/C1=N/SO. The van der Waals surface area contributed by atoms with Crippen LogP contribution in [0, 0.1) is 0 Å². The number of rotatable bonds is 8. The number of carbonyl (C=O) groups is 1. The van der Waals surface area contributed by atoms with Crippen molar-refractivity contribution in [3.05, 3.63) is 101 Å². The van der Waals surface area contributed by atoms with E-state index in [0.717, 1.165) is 42.1 Å². The first kappa shape index (κ1) is 26.1. The summed E-state index contributed by atoms with van der Waals surface area (Å²) in [5, 5.41) is 0. The first-order chi connectivity index (χ1) is 18.8. The Morgan fingerprint density at radius 3 is 2.28 bits per heavy atom. The smallest absolute Gasteiger partial charge is 0.237 e. The van der Waals surface area contributed by atoms with Gasteiger partial charge < -0.3 is 14.2 Å². The first-order valence-corrected chi connectivity index (χ1v) is 14.2. The molecular formula is C32H35N3O3S. The predicted molar refractivity (Wildman–Crippen MR) is 157 cm³/mol. The second-order valence-corrected chi connectivity index (χ2v) is 11.9. The molecule has 3 atom stereocenters. The number of likely N-dealkylation sites (tertiary alicyclic amines) is 1. The molecule has 2 aliphatic carbocycles. The number of carbonyl (C=O) groups excluding carboxylic acids is 1. The van der Waals surface area contributed by atoms with Crippen molar-refractivity contribution < 1.29 is 14.1 Å². The van der Waals surface area contributed by atoms with Crippen LogP contribution in [0.1, 0.15) is 42.0 Å². The lowest BCUT2D eigenvalue weighted by molar-refractivity contribution is -0.134. The summed E-state index contributed by atoms with van der Waals surface area (Å²) in [6, 6.07) is 26.9. The van der Waals surface area contributed by atoms with Crippen LogP contribution in [0.2, 0.25) is 0 Å². The van der Waals surface area contributed by atoms with E-state index >= 15 is 0 Å². The fraction of sp³-hybridized carbons (Fsp3) is 0.375. The first-order valence-electron chi connectivity index (χ1n) is 13.5. The van der Waals surface area contributed by atoms with Crippen molar-refractivity contribution in [1.82, 2.24) is 9.80 Å². The number of hydrogen-bond donors (Lipinski definition) is 1. The van der Waals surface area contributed by atoms with Crippen LogP contribution in [-0.2, 0) is 21.0 Å². The molecule has 202 valence electrons. The van der Waals surface area contributed by atoms with E-state index in [0.29, 0.717) is 18.6 Å². The molecule has 39 heavy (non-hydrogen) atoms. The average molecular weight is 542 g/mol. The normalized spacial score (nSPS) is 26.2. The summed E-state index contributed by atoms with van der Waals surface area (Å²) in [5.74, 6) is 0.924. The maximum Gasteiger partial charge on any atom is 0.237 e. The Morgan fingerprint density at radius 1 is 1.08 bits per heavy atom. The quantitative estimate of drug-likeness (QED) is 0.309. The van der Waals surface area contributed by atoms with Gasteiger partial charge in [-0.2, -0.15) is 4.40 Å². The van der Waals surface area contributed by atoms with Gasteiger partial charge in [0.25, 0.3) is 0 Å². The Bertz CT molecular complexity index is 1390. The second kappa shape index (κ2) is 9.51. The predicted octanol–water partition coefficient (Wildman–Crippen LogP) is 5.32. The van der Waals surface area contributed by atoms with Gasteiger partial charge in [0.05, 0.1) is 18.9 Å². The molecule has 1 saturated carbocycles. The molecule has 6 nitrogen and oxygen atoms in total. The van der Waals surface area contributed by atoms with Crippen LogP contribution >= 0.6 is 12.2 Å². The number of nitrogens with zero attached hydrogens (tertiary/aromatic N) is 3. The molecule has 1 saturated heterocycles. The summed E-state index contributed by atoms with van der Waals surface area (Å²) in [6.07, 6.45) is 1.61. The van der Waals surface area contributed by atoms with E-state index in [2.05, 4.69) is 58.7 Å². The lowest BCUT2D eigenvalue weighted by atomic mass is 9.65. The third-order valence-corrected chi connectivity index (χ3v) is 9.72. The van der Waals surface area contributed by atoms with Gasteiger partial charge in [-0.3, -0.25) is 9.69 Å². The minimum atomic E-state index is -0.815. The van der Waals surface area contributed by atoms with Crippen molar-refractivity contribution >= 4 is 23.8 Å². The zero-order valence-corrected chi connectivity index (χ0v) is 23.7. The maximum absolute atomic E-state index is 14.1. The standard InChI is InChI=1S/C32H35N3O3S/c1-30-20-31(25-16-15-24(38-4)19-26(25)30)21-35(28(31)27(30)33-39-37)18-17-32(29(36)34(2)3,22-11-7-5-8-12-22)23-13-9-6-10-14-23/h5-16,19,28,37H,17-18,20-21H2,1-4H3/b33-27-. The average Bonchev–Trinajstić information content (AvgIpc) is 3.33. The Hall–Kier alpha value is -3.13. The number of amides is 1. The number of fused-ring (bicyclic) bond motifs is 3. The van der Waals surface area contributed by atoms with Crippen molar-refractivity contribution in [2.24, 2.45) is 4.40 Å². The highest BCUT2D eigenvalue weighted by atomic mass is 32.2. The van der Waals surface area contributed by atoms with Gasteiger partial charge in [-0.05, 0) is 47.2 Å². The van der Waals surface area contributed by atoms with E-state index in [1.165, 1.54) is 11.1 Å². The number of ether oxygens (including phenoxy) is 1. The molecule has 0 radical (unpaired) electrons. The van der Waals surface area contributed by atoms with Crippen LogP contribution < -0.4 is 4.74 Å². The molecule has 3 aliphatic rings. The summed E-state index contributed by atoms with van der Waals surface area (Å²) in [5.41, 5.74) is 4.56. The van der Waals surface area contributed by atoms with Gasteiger partial charge in [0.1, 0.15) is 23.4 Å². The highest BCUT2D eigenvalue weighted by molar-refractivity contribution is 7.92. The van der Waals surface area contributed by atoms with Crippen molar-refractivity contribution in [2.75, 3.05) is 34.3 Å². The molecule has 1 heterocycles. The van der Waals surface area contributed by atoms with Crippen LogP contribution in [0.5, 0.6) is 5.75 Å². The van der Waals surface area contributed by atoms with Gasteiger partial charge in [0.15, 0.2) is 0 Å². The van der Waals surface area contributed by atoms with Crippen LogP contribution in [0.3, 0.4) is 0 Å². The molecule has 0 aromatic heterocycles. The molecule has 2 bridgehead atoms. The van der Waals surface area contributed by atoms with Crippen molar-refractivity contribution in [3.8, 4) is 5.75 Å². The topological polar surface area (TPSA) is 65.4 Å². The van der Waals surface area contributed by atoms with Crippen LogP contribution in [0.4, 0.5) is 0 Å². The molecule has 3 aromatic rings. The highest BCUT2D eigenvalue weighted by Gasteiger charge is 2.72. The number of hydrogen-bond acceptors (Lipinski definition) is 6. The van der Waals surface area contributed by atoms with E-state index in [4.69, 9.17) is 4.74 Å². The summed E-state index contributed by atoms with van der Waals surface area (Å²) < 4.78 is 20.0. The fourth-order valence-electron chi connectivity index (χ4n) is 7.84. The molecule has 3 unspecified atom stereocenters. The summed E-state index contributed by atoms with van der Waals surface area (Å²) in [6.45, 7) is 3.88. The summed E-state index contributed by atoms with van der Waals surface area (Å²) in [7, 11) is 5.38. The van der Waals surface area contributed by atoms with Gasteiger partial charge in [-0.1, -0.05) is 73.7 Å². The largest absolute Gasteiger partial charge is 0.497 e. The summed E-state index contributed by atoms with van der Waals surface area (Å²) in [4.78, 5) is 18.3. The lowest BCUT2D eigenvalue weighted by Crippen LogP contribution is -2.68. The van der Waals surface area contributed by atoms with E-state index < -0.39 is 5.41 Å². The van der Waals surface area contributed by atoms with E-state index in [1.807, 2.05) is 50.5 Å². The van der Waals surface area contributed by atoms with Crippen LogP contribution in [0.15, 0.2) is 83.3 Å². The van der Waals surface area contributed by atoms with Crippen molar-refractivity contribution in [3.63, 3.8) is 0 Å². The third-order valence-electron chi connectivity index (χ3n) is 9.44. The van der Waals surface area contributed by atoms with E-state index in [9.17, 15) is 9.35 Å². The number of likely N-dealkylation sites (N-methyl/N-ethyl adjacent to an activating group) is 1. The molecule has 1 aliphatic heterocycles. The van der Waals surface area contributed by atoms with E-state index in [-0.39, 0.29) is 22.8 Å². The van der Waals surface area contributed by atoms with Gasteiger partial charge in [0, 0.05) is 38.0 Å². The monoisotopic (exact) mass is 541 g/mol. The van der Waals surface area contributed by atoms with Gasteiger partial charge in [-0.15, -0.1) is 0 Å².